The van der Waals surface area contributed by atoms with E-state index < -0.39 is 0 Å². The molecule has 2 aromatic heterocycles. The predicted octanol–water partition coefficient (Wildman–Crippen LogP) is 5.87. The number of amides is 1. The molecular weight excluding hydrogens is 460 g/mol. The van der Waals surface area contributed by atoms with Crippen molar-refractivity contribution in [2.45, 2.75) is 21.4 Å². The molecular formula is C23H20N4O2S3. The lowest BCUT2D eigenvalue weighted by atomic mass is 10.1. The molecule has 0 fully saturated rings. The van der Waals surface area contributed by atoms with Crippen LogP contribution in [0, 0.1) is 0 Å². The molecule has 0 radical (unpaired) electrons. The van der Waals surface area contributed by atoms with Crippen LogP contribution in [-0.4, -0.2) is 28.1 Å². The maximum Gasteiger partial charge on any atom is 0.250 e. The van der Waals surface area contributed by atoms with E-state index in [1.54, 1.807) is 24.2 Å². The number of fused-ring (bicyclic) bond motifs is 1. The first kappa shape index (κ1) is 22.3. The number of carbonyl (C=O) groups excluding carboxylic acids is 1. The minimum atomic E-state index is -0.197. The number of rotatable bonds is 9. The van der Waals surface area contributed by atoms with Crippen LogP contribution in [-0.2, 0) is 10.5 Å². The van der Waals surface area contributed by atoms with Gasteiger partial charge in [0.15, 0.2) is 8.68 Å². The Morgan fingerprint density at radius 2 is 1.91 bits per heavy atom. The van der Waals surface area contributed by atoms with E-state index in [4.69, 9.17) is 4.42 Å². The Morgan fingerprint density at radius 1 is 1.09 bits per heavy atom. The van der Waals surface area contributed by atoms with Gasteiger partial charge in [-0.2, -0.15) is 5.10 Å². The summed E-state index contributed by atoms with van der Waals surface area (Å²) in [5, 5.41) is 14.9. The second kappa shape index (κ2) is 11.1. The molecule has 6 nitrogen and oxygen atoms in total. The molecule has 4 aromatic rings. The van der Waals surface area contributed by atoms with Gasteiger partial charge < -0.3 is 4.42 Å². The maximum atomic E-state index is 12.0. The summed E-state index contributed by atoms with van der Waals surface area (Å²) in [5.74, 6) is 1.58. The molecule has 0 aliphatic heterocycles. The summed E-state index contributed by atoms with van der Waals surface area (Å²) < 4.78 is 6.89. The standard InChI is InChI=1S/C23H20N4O2S3/c1-16(12-19-9-5-11-29-19)13-24-25-21(28)15-31-23-27-26-22(32-23)30-14-18-8-4-7-17-6-2-3-10-20(17)18/h2-13H,14-15H2,1H3,(H,25,28)/b16-12+,24-13+. The Bertz CT molecular complexity index is 1240. The SMILES string of the molecule is CC(/C=N/NC(=O)CSc1nnc(SCc2cccc3ccccc23)s1)=C\c1ccco1. The third-order valence-corrected chi connectivity index (χ3v) is 7.56. The quantitative estimate of drug-likeness (QED) is 0.183. The molecule has 32 heavy (non-hydrogen) atoms. The average Bonchev–Trinajstić information content (AvgIpc) is 3.48. The van der Waals surface area contributed by atoms with Gasteiger partial charge >= 0.3 is 0 Å². The second-order valence-electron chi connectivity index (χ2n) is 6.75. The lowest BCUT2D eigenvalue weighted by molar-refractivity contribution is -0.118. The fourth-order valence-electron chi connectivity index (χ4n) is 2.87. The van der Waals surface area contributed by atoms with Gasteiger partial charge in [-0.3, -0.25) is 4.79 Å². The van der Waals surface area contributed by atoms with Crippen LogP contribution in [0.15, 0.2) is 84.6 Å². The van der Waals surface area contributed by atoms with Gasteiger partial charge in [0.05, 0.1) is 18.2 Å². The van der Waals surface area contributed by atoms with Crippen LogP contribution in [0.4, 0.5) is 0 Å². The summed E-state index contributed by atoms with van der Waals surface area (Å²) in [7, 11) is 0. The molecule has 9 heteroatoms. The first-order valence-electron chi connectivity index (χ1n) is 9.77. The van der Waals surface area contributed by atoms with Crippen LogP contribution >= 0.6 is 34.9 Å². The molecule has 1 N–H and O–H groups in total. The number of thioether (sulfide) groups is 2. The van der Waals surface area contributed by atoms with E-state index in [1.807, 2.05) is 31.2 Å². The Kier molecular flexibility index (Phi) is 7.76. The van der Waals surface area contributed by atoms with Gasteiger partial charge in [-0.15, -0.1) is 10.2 Å². The smallest absolute Gasteiger partial charge is 0.250 e. The van der Waals surface area contributed by atoms with Crippen LogP contribution in [0.25, 0.3) is 16.8 Å². The number of hydrazone groups is 1. The lowest BCUT2D eigenvalue weighted by Gasteiger charge is -2.04. The number of carbonyl (C=O) groups is 1. The third kappa shape index (κ3) is 6.32. The van der Waals surface area contributed by atoms with Crippen molar-refractivity contribution in [3.63, 3.8) is 0 Å². The van der Waals surface area contributed by atoms with Gasteiger partial charge in [0.2, 0.25) is 0 Å². The largest absolute Gasteiger partial charge is 0.465 e. The predicted molar refractivity (Wildman–Crippen MR) is 133 cm³/mol. The number of aromatic nitrogens is 2. The van der Waals surface area contributed by atoms with Crippen LogP contribution < -0.4 is 5.43 Å². The Hall–Kier alpha value is -2.88. The number of hydrogen-bond acceptors (Lipinski definition) is 8. The molecule has 1 amide bonds. The van der Waals surface area contributed by atoms with Crippen molar-refractivity contribution in [2.24, 2.45) is 5.10 Å². The topological polar surface area (TPSA) is 80.4 Å². The maximum absolute atomic E-state index is 12.0. The average molecular weight is 481 g/mol. The minimum Gasteiger partial charge on any atom is -0.465 e. The first-order chi connectivity index (χ1) is 15.7. The molecule has 0 saturated heterocycles. The molecule has 0 spiro atoms. The van der Waals surface area contributed by atoms with E-state index in [1.165, 1.54) is 39.4 Å². The molecule has 0 unspecified atom stereocenters. The van der Waals surface area contributed by atoms with Gasteiger partial charge in [-0.05, 0) is 47.0 Å². The van der Waals surface area contributed by atoms with Crippen molar-refractivity contribution < 1.29 is 9.21 Å². The zero-order valence-electron chi connectivity index (χ0n) is 17.2. The van der Waals surface area contributed by atoms with Crippen LogP contribution in [0.3, 0.4) is 0 Å². The summed E-state index contributed by atoms with van der Waals surface area (Å²) >= 11 is 4.50. The van der Waals surface area contributed by atoms with Crippen molar-refractivity contribution in [1.82, 2.24) is 15.6 Å². The molecule has 2 heterocycles. The molecule has 0 bridgehead atoms. The Labute approximate surface area is 198 Å². The summed E-state index contributed by atoms with van der Waals surface area (Å²) in [4.78, 5) is 12.0. The minimum absolute atomic E-state index is 0.197. The van der Waals surface area contributed by atoms with E-state index in [0.717, 1.165) is 25.8 Å². The summed E-state index contributed by atoms with van der Waals surface area (Å²) in [6.45, 7) is 1.88. The number of nitrogens with zero attached hydrogens (tertiary/aromatic N) is 3. The van der Waals surface area contributed by atoms with Crippen LogP contribution in [0.5, 0.6) is 0 Å². The number of hydrogen-bond donors (Lipinski definition) is 1. The molecule has 0 aliphatic carbocycles. The van der Waals surface area contributed by atoms with Crippen LogP contribution in [0.2, 0.25) is 0 Å². The molecule has 0 atom stereocenters. The molecule has 4 rings (SSSR count). The van der Waals surface area contributed by atoms with E-state index in [-0.39, 0.29) is 11.7 Å². The van der Waals surface area contributed by atoms with Crippen molar-refractivity contribution in [1.29, 1.82) is 0 Å². The second-order valence-corrected chi connectivity index (χ2v) is 10.2. The molecule has 162 valence electrons. The number of furan rings is 1. The van der Waals surface area contributed by atoms with Gasteiger partial charge in [-0.1, -0.05) is 77.3 Å². The van der Waals surface area contributed by atoms with Crippen molar-refractivity contribution in [3.05, 3.63) is 77.8 Å². The summed E-state index contributed by atoms with van der Waals surface area (Å²) in [6.07, 6.45) is 5.03. The van der Waals surface area contributed by atoms with Crippen molar-refractivity contribution >= 4 is 63.8 Å². The fourth-order valence-corrected chi connectivity index (χ4v) is 5.69. The van der Waals surface area contributed by atoms with E-state index in [9.17, 15) is 4.79 Å². The van der Waals surface area contributed by atoms with Gasteiger partial charge in [0.1, 0.15) is 5.76 Å². The summed E-state index contributed by atoms with van der Waals surface area (Å²) in [6, 6.07) is 18.4. The highest BCUT2D eigenvalue weighted by Crippen LogP contribution is 2.32. The zero-order valence-corrected chi connectivity index (χ0v) is 19.7. The molecule has 2 aromatic carbocycles. The van der Waals surface area contributed by atoms with Gasteiger partial charge in [0.25, 0.3) is 5.91 Å². The monoisotopic (exact) mass is 480 g/mol. The highest BCUT2D eigenvalue weighted by molar-refractivity contribution is 8.03. The van der Waals surface area contributed by atoms with Crippen LogP contribution in [0.1, 0.15) is 18.2 Å². The van der Waals surface area contributed by atoms with Crippen molar-refractivity contribution in [3.8, 4) is 0 Å². The van der Waals surface area contributed by atoms with E-state index in [0.29, 0.717) is 0 Å². The lowest BCUT2D eigenvalue weighted by Crippen LogP contribution is -2.19. The van der Waals surface area contributed by atoms with E-state index >= 15 is 0 Å². The highest BCUT2D eigenvalue weighted by Gasteiger charge is 2.09. The van der Waals surface area contributed by atoms with E-state index in [2.05, 4.69) is 57.1 Å². The normalized spacial score (nSPS) is 12.0. The summed E-state index contributed by atoms with van der Waals surface area (Å²) in [5.41, 5.74) is 4.66. The first-order valence-corrected chi connectivity index (χ1v) is 12.6. The van der Waals surface area contributed by atoms with Gasteiger partial charge in [0, 0.05) is 5.75 Å². The number of nitrogens with one attached hydrogen (secondary N) is 1. The number of allylic oxidation sites excluding steroid dienone is 1. The zero-order chi connectivity index (χ0) is 22.2. The van der Waals surface area contributed by atoms with Crippen molar-refractivity contribution in [2.75, 3.05) is 5.75 Å². The number of benzene rings is 2. The molecule has 0 aliphatic rings. The Morgan fingerprint density at radius 3 is 2.75 bits per heavy atom. The fraction of sp³-hybridized carbons (Fsp3) is 0.130. The highest BCUT2D eigenvalue weighted by atomic mass is 32.2. The Balaban J connectivity index is 1.23. The third-order valence-electron chi connectivity index (χ3n) is 4.32. The molecule has 0 saturated carbocycles. The van der Waals surface area contributed by atoms with Gasteiger partial charge in [-0.25, -0.2) is 5.43 Å².